The van der Waals surface area contributed by atoms with E-state index in [1.54, 1.807) is 6.07 Å². The second-order valence-electron chi connectivity index (χ2n) is 4.41. The molecule has 0 bridgehead atoms. The zero-order valence-corrected chi connectivity index (χ0v) is 9.99. The van der Waals surface area contributed by atoms with Gasteiger partial charge in [0, 0.05) is 18.9 Å². The molecule has 1 aromatic carbocycles. The van der Waals surface area contributed by atoms with Gasteiger partial charge >= 0.3 is 0 Å². The van der Waals surface area contributed by atoms with Crippen molar-refractivity contribution in [3.63, 3.8) is 0 Å². The Hall–Kier alpha value is -1.13. The molecule has 1 saturated heterocycles. The Kier molecular flexibility index (Phi) is 3.97. The first-order valence-corrected chi connectivity index (χ1v) is 5.96. The molecule has 1 aliphatic rings. The molecule has 0 aliphatic carbocycles. The van der Waals surface area contributed by atoms with E-state index in [-0.39, 0.29) is 18.0 Å². The van der Waals surface area contributed by atoms with Crippen molar-refractivity contribution >= 4 is 0 Å². The number of halogens is 1. The first-order valence-electron chi connectivity index (χ1n) is 5.96. The van der Waals surface area contributed by atoms with Crippen LogP contribution < -0.4 is 10.5 Å². The maximum Gasteiger partial charge on any atom is 0.165 e. The van der Waals surface area contributed by atoms with E-state index in [9.17, 15) is 4.39 Å². The molecule has 1 heterocycles. The van der Waals surface area contributed by atoms with Gasteiger partial charge in [-0.1, -0.05) is 6.07 Å². The predicted octanol–water partition coefficient (Wildman–Crippen LogP) is 2.40. The number of rotatable bonds is 3. The van der Waals surface area contributed by atoms with Crippen LogP contribution in [0.2, 0.25) is 0 Å². The van der Waals surface area contributed by atoms with Crippen LogP contribution in [-0.2, 0) is 4.74 Å². The van der Waals surface area contributed by atoms with Gasteiger partial charge in [0.2, 0.25) is 0 Å². The Balaban J connectivity index is 2.05. The maximum absolute atomic E-state index is 13.8. The van der Waals surface area contributed by atoms with E-state index < -0.39 is 0 Å². The molecular weight excluding hydrogens is 221 g/mol. The van der Waals surface area contributed by atoms with Crippen molar-refractivity contribution in [3.05, 3.63) is 29.6 Å². The summed E-state index contributed by atoms with van der Waals surface area (Å²) in [6.45, 7) is 3.20. The van der Waals surface area contributed by atoms with Crippen LogP contribution in [0.3, 0.4) is 0 Å². The lowest BCUT2D eigenvalue weighted by Crippen LogP contribution is -2.26. The lowest BCUT2D eigenvalue weighted by atomic mass is 10.1. The molecule has 0 saturated carbocycles. The van der Waals surface area contributed by atoms with E-state index >= 15 is 0 Å². The van der Waals surface area contributed by atoms with Crippen molar-refractivity contribution < 1.29 is 13.9 Å². The zero-order valence-electron chi connectivity index (χ0n) is 9.99. The summed E-state index contributed by atoms with van der Waals surface area (Å²) in [6.07, 6.45) is 1.68. The Bertz CT molecular complexity index is 376. The molecule has 1 atom stereocenters. The molecule has 1 aliphatic heterocycles. The predicted molar refractivity (Wildman–Crippen MR) is 63.5 cm³/mol. The van der Waals surface area contributed by atoms with Crippen molar-refractivity contribution in [1.82, 2.24) is 0 Å². The van der Waals surface area contributed by atoms with Gasteiger partial charge < -0.3 is 15.2 Å². The summed E-state index contributed by atoms with van der Waals surface area (Å²) in [5.41, 5.74) is 6.47. The van der Waals surface area contributed by atoms with Gasteiger partial charge in [-0.3, -0.25) is 0 Å². The van der Waals surface area contributed by atoms with Crippen LogP contribution in [-0.4, -0.2) is 19.3 Å². The van der Waals surface area contributed by atoms with Crippen LogP contribution in [0.4, 0.5) is 4.39 Å². The highest BCUT2D eigenvalue weighted by molar-refractivity contribution is 5.30. The molecule has 0 amide bonds. The third-order valence-corrected chi connectivity index (χ3v) is 2.94. The highest BCUT2D eigenvalue weighted by atomic mass is 19.1. The minimum absolute atomic E-state index is 0.0550. The van der Waals surface area contributed by atoms with Crippen LogP contribution in [0, 0.1) is 5.82 Å². The fourth-order valence-electron chi connectivity index (χ4n) is 1.87. The summed E-state index contributed by atoms with van der Waals surface area (Å²) in [5.74, 6) is -0.0346. The summed E-state index contributed by atoms with van der Waals surface area (Å²) >= 11 is 0. The van der Waals surface area contributed by atoms with Crippen molar-refractivity contribution in [2.45, 2.75) is 31.9 Å². The van der Waals surface area contributed by atoms with Crippen LogP contribution >= 0.6 is 0 Å². The third kappa shape index (κ3) is 3.17. The van der Waals surface area contributed by atoms with E-state index in [2.05, 4.69) is 0 Å². The highest BCUT2D eigenvalue weighted by Crippen LogP contribution is 2.24. The number of hydrogen-bond acceptors (Lipinski definition) is 3. The molecular formula is C13H18FNO2. The summed E-state index contributed by atoms with van der Waals surface area (Å²) in [4.78, 5) is 0. The smallest absolute Gasteiger partial charge is 0.165 e. The first kappa shape index (κ1) is 12.3. The van der Waals surface area contributed by atoms with Crippen molar-refractivity contribution in [2.75, 3.05) is 13.2 Å². The summed E-state index contributed by atoms with van der Waals surface area (Å²) in [7, 11) is 0. The van der Waals surface area contributed by atoms with Gasteiger partial charge in [0.05, 0.1) is 13.2 Å². The van der Waals surface area contributed by atoms with E-state index in [0.29, 0.717) is 19.0 Å². The molecule has 2 N–H and O–H groups in total. The molecule has 1 aromatic rings. The summed E-state index contributed by atoms with van der Waals surface area (Å²) in [5, 5.41) is 0. The Labute approximate surface area is 101 Å². The van der Waals surface area contributed by atoms with Crippen LogP contribution in [0.15, 0.2) is 18.2 Å². The maximum atomic E-state index is 13.8. The number of benzene rings is 1. The molecule has 17 heavy (non-hydrogen) atoms. The average molecular weight is 239 g/mol. The van der Waals surface area contributed by atoms with Gasteiger partial charge in [-0.2, -0.15) is 0 Å². The van der Waals surface area contributed by atoms with Crippen LogP contribution in [0.25, 0.3) is 0 Å². The monoisotopic (exact) mass is 239 g/mol. The van der Waals surface area contributed by atoms with Gasteiger partial charge in [-0.05, 0) is 24.6 Å². The average Bonchev–Trinajstić information content (AvgIpc) is 2.33. The molecule has 3 nitrogen and oxygen atoms in total. The minimum atomic E-state index is -0.341. The number of nitrogens with two attached hydrogens (primary N) is 1. The van der Waals surface area contributed by atoms with Crippen LogP contribution in [0.5, 0.6) is 5.75 Å². The SMILES string of the molecule is CC(N)c1ccc(OC2CCOCC2)c(F)c1. The minimum Gasteiger partial charge on any atom is -0.487 e. The van der Waals surface area contributed by atoms with Gasteiger partial charge in [0.1, 0.15) is 6.10 Å². The molecule has 4 heteroatoms. The van der Waals surface area contributed by atoms with Crippen molar-refractivity contribution in [3.8, 4) is 5.75 Å². The van der Waals surface area contributed by atoms with Gasteiger partial charge in [0.25, 0.3) is 0 Å². The Morgan fingerprint density at radius 1 is 1.41 bits per heavy atom. The summed E-state index contributed by atoms with van der Waals surface area (Å²) < 4.78 is 24.6. The van der Waals surface area contributed by atoms with Crippen molar-refractivity contribution in [2.24, 2.45) is 5.73 Å². The van der Waals surface area contributed by atoms with E-state index in [0.717, 1.165) is 18.4 Å². The van der Waals surface area contributed by atoms with Gasteiger partial charge in [-0.25, -0.2) is 4.39 Å². The lowest BCUT2D eigenvalue weighted by Gasteiger charge is -2.23. The van der Waals surface area contributed by atoms with Crippen molar-refractivity contribution in [1.29, 1.82) is 0 Å². The quantitative estimate of drug-likeness (QED) is 0.881. The molecule has 0 radical (unpaired) electrons. The normalized spacial score (nSPS) is 19.0. The number of hydrogen-bond donors (Lipinski definition) is 1. The fourth-order valence-corrected chi connectivity index (χ4v) is 1.87. The second-order valence-corrected chi connectivity index (χ2v) is 4.41. The first-order chi connectivity index (χ1) is 8.16. The fraction of sp³-hybridized carbons (Fsp3) is 0.538. The Morgan fingerprint density at radius 2 is 2.12 bits per heavy atom. The largest absolute Gasteiger partial charge is 0.487 e. The molecule has 0 spiro atoms. The number of ether oxygens (including phenoxy) is 2. The van der Waals surface area contributed by atoms with E-state index in [1.807, 2.05) is 13.0 Å². The molecule has 2 rings (SSSR count). The standard InChI is InChI=1S/C13H18FNO2/c1-9(15)10-2-3-13(12(14)8-10)17-11-4-6-16-7-5-11/h2-3,8-9,11H,4-7,15H2,1H3. The molecule has 94 valence electrons. The molecule has 1 fully saturated rings. The second kappa shape index (κ2) is 5.47. The topological polar surface area (TPSA) is 44.5 Å². The summed E-state index contributed by atoms with van der Waals surface area (Å²) in [6, 6.07) is 4.74. The van der Waals surface area contributed by atoms with Gasteiger partial charge in [0.15, 0.2) is 11.6 Å². The zero-order chi connectivity index (χ0) is 12.3. The lowest BCUT2D eigenvalue weighted by molar-refractivity contribution is 0.0240. The van der Waals surface area contributed by atoms with Gasteiger partial charge in [-0.15, -0.1) is 0 Å². The third-order valence-electron chi connectivity index (χ3n) is 2.94. The molecule has 0 aromatic heterocycles. The van der Waals surface area contributed by atoms with E-state index in [1.165, 1.54) is 6.07 Å². The highest BCUT2D eigenvalue weighted by Gasteiger charge is 2.17. The Morgan fingerprint density at radius 3 is 2.71 bits per heavy atom. The van der Waals surface area contributed by atoms with Crippen LogP contribution in [0.1, 0.15) is 31.4 Å². The van der Waals surface area contributed by atoms with E-state index in [4.69, 9.17) is 15.2 Å². The molecule has 1 unspecified atom stereocenters.